The Hall–Kier alpha value is -1.39. The van der Waals surface area contributed by atoms with Gasteiger partial charge in [0.15, 0.2) is 0 Å². The highest BCUT2D eigenvalue weighted by Crippen LogP contribution is 2.33. The molecule has 3 atom stereocenters. The summed E-state index contributed by atoms with van der Waals surface area (Å²) in [6, 6.07) is 8.74. The smallest absolute Gasteiger partial charge is 0.237 e. The molecule has 1 aliphatic carbocycles. The molecule has 0 radical (unpaired) electrons. The van der Waals surface area contributed by atoms with E-state index in [4.69, 9.17) is 4.74 Å². The first-order chi connectivity index (χ1) is 10.8. The third-order valence-corrected chi connectivity index (χ3v) is 4.95. The minimum atomic E-state index is -0.00439. The van der Waals surface area contributed by atoms with Crippen LogP contribution in [0.15, 0.2) is 24.3 Å². The topological polar surface area (TPSA) is 50.4 Å². The van der Waals surface area contributed by atoms with Crippen molar-refractivity contribution in [3.8, 4) is 0 Å². The van der Waals surface area contributed by atoms with Gasteiger partial charge < -0.3 is 15.4 Å². The highest BCUT2D eigenvalue weighted by atomic mass is 16.5. The summed E-state index contributed by atoms with van der Waals surface area (Å²) in [6.45, 7) is 1.19. The molecule has 2 N–H and O–H groups in total. The Morgan fingerprint density at radius 3 is 2.95 bits per heavy atom. The van der Waals surface area contributed by atoms with Gasteiger partial charge in [-0.3, -0.25) is 4.79 Å². The number of amides is 1. The van der Waals surface area contributed by atoms with Gasteiger partial charge in [-0.15, -0.1) is 0 Å². The van der Waals surface area contributed by atoms with Gasteiger partial charge >= 0.3 is 0 Å². The second-order valence-electron chi connectivity index (χ2n) is 6.58. The van der Waals surface area contributed by atoms with Crippen molar-refractivity contribution in [2.45, 2.75) is 57.3 Å². The zero-order chi connectivity index (χ0) is 15.4. The molecule has 1 saturated heterocycles. The van der Waals surface area contributed by atoms with E-state index in [9.17, 15) is 4.79 Å². The number of carbonyl (C=O) groups excluding carboxylic acids is 1. The predicted molar refractivity (Wildman–Crippen MR) is 86.3 cm³/mol. The van der Waals surface area contributed by atoms with Crippen molar-refractivity contribution in [2.75, 3.05) is 7.11 Å². The zero-order valence-corrected chi connectivity index (χ0v) is 13.3. The summed E-state index contributed by atoms with van der Waals surface area (Å²) < 4.78 is 5.15. The van der Waals surface area contributed by atoms with Crippen molar-refractivity contribution >= 4 is 5.91 Å². The second kappa shape index (κ2) is 7.25. The van der Waals surface area contributed by atoms with Crippen LogP contribution >= 0.6 is 0 Å². The number of fused-ring (bicyclic) bond motifs is 1. The van der Waals surface area contributed by atoms with E-state index in [1.165, 1.54) is 25.7 Å². The Bertz CT molecular complexity index is 504. The molecule has 3 rings (SSSR count). The first-order valence-corrected chi connectivity index (χ1v) is 8.37. The maximum absolute atomic E-state index is 12.4. The summed E-state index contributed by atoms with van der Waals surface area (Å²) in [5.41, 5.74) is 2.26. The van der Waals surface area contributed by atoms with Crippen LogP contribution in [0.4, 0.5) is 0 Å². The van der Waals surface area contributed by atoms with Crippen molar-refractivity contribution in [3.05, 3.63) is 35.4 Å². The molecule has 4 heteroatoms. The first-order valence-electron chi connectivity index (χ1n) is 8.37. The van der Waals surface area contributed by atoms with Gasteiger partial charge in [-0.25, -0.2) is 0 Å². The fourth-order valence-corrected chi connectivity index (χ4v) is 3.83. The van der Waals surface area contributed by atoms with Crippen molar-refractivity contribution < 1.29 is 9.53 Å². The van der Waals surface area contributed by atoms with Crippen LogP contribution in [0.3, 0.4) is 0 Å². The molecule has 1 heterocycles. The number of hydrogen-bond donors (Lipinski definition) is 2. The Morgan fingerprint density at radius 2 is 2.14 bits per heavy atom. The SMILES string of the molecule is COCc1cccc(CNC(=O)C2CC3CCCCC3N2)c1. The minimum Gasteiger partial charge on any atom is -0.380 e. The van der Waals surface area contributed by atoms with E-state index in [1.54, 1.807) is 7.11 Å². The van der Waals surface area contributed by atoms with Crippen LogP contribution in [0, 0.1) is 5.92 Å². The molecule has 1 aliphatic heterocycles. The first kappa shape index (κ1) is 15.5. The lowest BCUT2D eigenvalue weighted by molar-refractivity contribution is -0.123. The lowest BCUT2D eigenvalue weighted by Crippen LogP contribution is -2.42. The Labute approximate surface area is 132 Å². The van der Waals surface area contributed by atoms with Crippen LogP contribution in [-0.2, 0) is 22.7 Å². The molecule has 120 valence electrons. The van der Waals surface area contributed by atoms with Crippen molar-refractivity contribution in [1.29, 1.82) is 0 Å². The fourth-order valence-electron chi connectivity index (χ4n) is 3.83. The number of ether oxygens (including phenoxy) is 1. The van der Waals surface area contributed by atoms with Gasteiger partial charge in [-0.05, 0) is 36.3 Å². The number of hydrogen-bond acceptors (Lipinski definition) is 3. The highest BCUT2D eigenvalue weighted by molar-refractivity contribution is 5.82. The molecule has 0 aromatic heterocycles. The molecule has 0 bridgehead atoms. The molecular weight excluding hydrogens is 276 g/mol. The molecule has 1 amide bonds. The normalized spacial score (nSPS) is 27.4. The lowest BCUT2D eigenvalue weighted by atomic mass is 9.85. The molecule has 22 heavy (non-hydrogen) atoms. The number of benzene rings is 1. The Kier molecular flexibility index (Phi) is 5.11. The second-order valence-corrected chi connectivity index (χ2v) is 6.58. The van der Waals surface area contributed by atoms with Crippen molar-refractivity contribution in [3.63, 3.8) is 0 Å². The van der Waals surface area contributed by atoms with Crippen LogP contribution in [0.25, 0.3) is 0 Å². The molecule has 0 spiro atoms. The van der Waals surface area contributed by atoms with E-state index in [-0.39, 0.29) is 11.9 Å². The summed E-state index contributed by atoms with van der Waals surface area (Å²) in [5, 5.41) is 6.61. The molecule has 4 nitrogen and oxygen atoms in total. The van der Waals surface area contributed by atoms with Gasteiger partial charge in [-0.2, -0.15) is 0 Å². The number of nitrogens with one attached hydrogen (secondary N) is 2. The van der Waals surface area contributed by atoms with E-state index in [0.717, 1.165) is 17.5 Å². The van der Waals surface area contributed by atoms with Gasteiger partial charge in [0.1, 0.15) is 0 Å². The van der Waals surface area contributed by atoms with E-state index < -0.39 is 0 Å². The summed E-state index contributed by atoms with van der Waals surface area (Å²) in [4.78, 5) is 12.4. The number of methoxy groups -OCH3 is 1. The Morgan fingerprint density at radius 1 is 1.32 bits per heavy atom. The third-order valence-electron chi connectivity index (χ3n) is 4.95. The standard InChI is InChI=1S/C18H26N2O2/c1-22-12-14-6-4-5-13(9-14)11-19-18(21)17-10-15-7-2-3-8-16(15)20-17/h4-6,9,15-17,20H,2-3,7-8,10-12H2,1H3,(H,19,21). The van der Waals surface area contributed by atoms with Crippen molar-refractivity contribution in [1.82, 2.24) is 10.6 Å². The number of carbonyl (C=O) groups is 1. The van der Waals surface area contributed by atoms with E-state index in [0.29, 0.717) is 25.1 Å². The quantitative estimate of drug-likeness (QED) is 0.878. The van der Waals surface area contributed by atoms with E-state index >= 15 is 0 Å². The average Bonchev–Trinajstić information content (AvgIpc) is 2.97. The molecule has 1 saturated carbocycles. The minimum absolute atomic E-state index is 0.00439. The average molecular weight is 302 g/mol. The predicted octanol–water partition coefficient (Wildman–Crippen LogP) is 2.37. The summed E-state index contributed by atoms with van der Waals surface area (Å²) in [7, 11) is 1.69. The van der Waals surface area contributed by atoms with Crippen LogP contribution in [0.5, 0.6) is 0 Å². The molecular formula is C18H26N2O2. The van der Waals surface area contributed by atoms with Gasteiger partial charge in [0.2, 0.25) is 5.91 Å². The van der Waals surface area contributed by atoms with Crippen LogP contribution < -0.4 is 10.6 Å². The lowest BCUT2D eigenvalue weighted by Gasteiger charge is -2.24. The van der Waals surface area contributed by atoms with Crippen LogP contribution in [0.1, 0.15) is 43.2 Å². The van der Waals surface area contributed by atoms with Crippen LogP contribution in [0.2, 0.25) is 0 Å². The maximum Gasteiger partial charge on any atom is 0.237 e. The molecule has 2 aliphatic rings. The van der Waals surface area contributed by atoms with Gasteiger partial charge in [0.25, 0.3) is 0 Å². The summed E-state index contributed by atoms with van der Waals surface area (Å²) in [5.74, 6) is 0.848. The number of rotatable bonds is 5. The van der Waals surface area contributed by atoms with Gasteiger partial charge in [-0.1, -0.05) is 37.1 Å². The fraction of sp³-hybridized carbons (Fsp3) is 0.611. The van der Waals surface area contributed by atoms with Gasteiger partial charge in [0.05, 0.1) is 12.6 Å². The zero-order valence-electron chi connectivity index (χ0n) is 13.3. The van der Waals surface area contributed by atoms with E-state index in [1.807, 2.05) is 18.2 Å². The third kappa shape index (κ3) is 3.68. The Balaban J connectivity index is 1.51. The van der Waals surface area contributed by atoms with Gasteiger partial charge in [0, 0.05) is 19.7 Å². The highest BCUT2D eigenvalue weighted by Gasteiger charge is 2.37. The summed E-state index contributed by atoms with van der Waals surface area (Å²) >= 11 is 0. The van der Waals surface area contributed by atoms with Crippen molar-refractivity contribution in [2.24, 2.45) is 5.92 Å². The molecule has 3 unspecified atom stereocenters. The summed E-state index contributed by atoms with van der Waals surface area (Å²) in [6.07, 6.45) is 6.13. The monoisotopic (exact) mass is 302 g/mol. The van der Waals surface area contributed by atoms with E-state index in [2.05, 4.69) is 16.7 Å². The van der Waals surface area contributed by atoms with Crippen LogP contribution in [-0.4, -0.2) is 25.1 Å². The maximum atomic E-state index is 12.4. The molecule has 1 aromatic rings. The largest absolute Gasteiger partial charge is 0.380 e. The molecule has 1 aromatic carbocycles. The molecule has 2 fully saturated rings.